The van der Waals surface area contributed by atoms with E-state index in [1.165, 1.54) is 17.7 Å². The van der Waals surface area contributed by atoms with Crippen LogP contribution in [0.15, 0.2) is 41.8 Å². The standard InChI is InChI=1S/C19H25N3OS/c1-14-8-10-22(11-9-14)17(18-7-4-12-24-18)13-21-19(23)15-5-2-3-6-16(15)20/h2-7,12,14,17H,8-11,13,20H2,1H3,(H,21,23). The summed E-state index contributed by atoms with van der Waals surface area (Å²) in [7, 11) is 0. The Labute approximate surface area is 147 Å². The van der Waals surface area contributed by atoms with Gasteiger partial charge in [-0.15, -0.1) is 11.3 Å². The molecule has 128 valence electrons. The number of amides is 1. The van der Waals surface area contributed by atoms with E-state index in [0.29, 0.717) is 17.8 Å². The number of benzene rings is 1. The number of nitrogens with two attached hydrogens (primary N) is 1. The number of carbonyl (C=O) groups excluding carboxylic acids is 1. The van der Waals surface area contributed by atoms with Crippen molar-refractivity contribution in [3.05, 3.63) is 52.2 Å². The van der Waals surface area contributed by atoms with Gasteiger partial charge in [0.1, 0.15) is 0 Å². The van der Waals surface area contributed by atoms with Crippen molar-refractivity contribution >= 4 is 22.9 Å². The van der Waals surface area contributed by atoms with Crippen LogP contribution < -0.4 is 11.1 Å². The van der Waals surface area contributed by atoms with Crippen LogP contribution in [0.2, 0.25) is 0 Å². The van der Waals surface area contributed by atoms with Crippen LogP contribution in [0.1, 0.15) is 41.0 Å². The molecule has 1 aromatic carbocycles. The molecule has 24 heavy (non-hydrogen) atoms. The predicted molar refractivity (Wildman–Crippen MR) is 100 cm³/mol. The van der Waals surface area contributed by atoms with Gasteiger partial charge in [-0.25, -0.2) is 0 Å². The van der Waals surface area contributed by atoms with E-state index in [-0.39, 0.29) is 11.9 Å². The van der Waals surface area contributed by atoms with Crippen molar-refractivity contribution in [3.8, 4) is 0 Å². The molecule has 0 saturated carbocycles. The third kappa shape index (κ3) is 3.97. The van der Waals surface area contributed by atoms with E-state index in [0.717, 1.165) is 19.0 Å². The first-order chi connectivity index (χ1) is 11.6. The van der Waals surface area contributed by atoms with Crippen LogP contribution in [0.5, 0.6) is 0 Å². The first-order valence-electron chi connectivity index (χ1n) is 8.55. The van der Waals surface area contributed by atoms with Gasteiger partial charge in [0.15, 0.2) is 0 Å². The molecule has 1 fully saturated rings. The minimum Gasteiger partial charge on any atom is -0.398 e. The second-order valence-corrected chi connectivity index (χ2v) is 7.53. The number of para-hydroxylation sites is 1. The number of nitrogens with zero attached hydrogens (tertiary/aromatic N) is 1. The Morgan fingerprint density at radius 1 is 1.29 bits per heavy atom. The second kappa shape index (κ2) is 7.81. The zero-order chi connectivity index (χ0) is 16.9. The predicted octanol–water partition coefficient (Wildman–Crippen LogP) is 3.53. The highest BCUT2D eigenvalue weighted by atomic mass is 32.1. The lowest BCUT2D eigenvalue weighted by Crippen LogP contribution is -2.41. The van der Waals surface area contributed by atoms with Gasteiger partial charge in [-0.2, -0.15) is 0 Å². The molecule has 1 aromatic heterocycles. The summed E-state index contributed by atoms with van der Waals surface area (Å²) < 4.78 is 0. The molecule has 0 spiro atoms. The number of hydrogen-bond donors (Lipinski definition) is 2. The Hall–Kier alpha value is -1.85. The number of likely N-dealkylation sites (tertiary alicyclic amines) is 1. The van der Waals surface area contributed by atoms with E-state index in [4.69, 9.17) is 5.73 Å². The fourth-order valence-electron chi connectivity index (χ4n) is 3.22. The first kappa shape index (κ1) is 17.0. The fraction of sp³-hybridized carbons (Fsp3) is 0.421. The lowest BCUT2D eigenvalue weighted by molar-refractivity contribution is 0.0916. The Kier molecular flexibility index (Phi) is 5.53. The molecule has 0 radical (unpaired) electrons. The summed E-state index contributed by atoms with van der Waals surface area (Å²) in [6.07, 6.45) is 2.45. The van der Waals surface area contributed by atoms with E-state index >= 15 is 0 Å². The summed E-state index contributed by atoms with van der Waals surface area (Å²) in [5.74, 6) is 0.698. The lowest BCUT2D eigenvalue weighted by atomic mass is 9.97. The lowest BCUT2D eigenvalue weighted by Gasteiger charge is -2.36. The number of piperidine rings is 1. The van der Waals surface area contributed by atoms with Gasteiger partial charge in [0.25, 0.3) is 5.91 Å². The van der Waals surface area contributed by atoms with Crippen molar-refractivity contribution in [2.75, 3.05) is 25.4 Å². The Bertz CT molecular complexity index is 663. The minimum absolute atomic E-state index is 0.0972. The molecule has 1 aliphatic heterocycles. The average molecular weight is 343 g/mol. The molecule has 0 bridgehead atoms. The summed E-state index contributed by atoms with van der Waals surface area (Å²) in [5.41, 5.74) is 6.98. The van der Waals surface area contributed by atoms with Gasteiger partial charge in [-0.3, -0.25) is 9.69 Å². The van der Waals surface area contributed by atoms with Gasteiger partial charge in [0, 0.05) is 17.1 Å². The molecule has 3 rings (SSSR count). The zero-order valence-electron chi connectivity index (χ0n) is 14.1. The summed E-state index contributed by atoms with van der Waals surface area (Å²) >= 11 is 1.76. The van der Waals surface area contributed by atoms with Crippen LogP contribution in [0.25, 0.3) is 0 Å². The molecule has 5 heteroatoms. The molecule has 1 unspecified atom stereocenters. The van der Waals surface area contributed by atoms with Crippen LogP contribution in [0, 0.1) is 5.92 Å². The summed E-state index contributed by atoms with van der Waals surface area (Å²) in [6.45, 7) is 5.11. The van der Waals surface area contributed by atoms with Crippen molar-refractivity contribution in [2.45, 2.75) is 25.8 Å². The van der Waals surface area contributed by atoms with Crippen LogP contribution in [0.3, 0.4) is 0 Å². The maximum atomic E-state index is 12.5. The number of anilines is 1. The third-order valence-corrected chi connectivity index (χ3v) is 5.77. The maximum Gasteiger partial charge on any atom is 0.253 e. The number of hydrogen-bond acceptors (Lipinski definition) is 4. The molecule has 1 amide bonds. The molecular weight excluding hydrogens is 318 g/mol. The molecular formula is C19H25N3OS. The van der Waals surface area contributed by atoms with Crippen LogP contribution >= 0.6 is 11.3 Å². The Morgan fingerprint density at radius 3 is 2.71 bits per heavy atom. The van der Waals surface area contributed by atoms with E-state index in [1.807, 2.05) is 12.1 Å². The smallest absolute Gasteiger partial charge is 0.253 e. The number of rotatable bonds is 5. The monoisotopic (exact) mass is 343 g/mol. The fourth-order valence-corrected chi connectivity index (χ4v) is 4.08. The highest BCUT2D eigenvalue weighted by molar-refractivity contribution is 7.10. The molecule has 1 atom stereocenters. The number of thiophene rings is 1. The van der Waals surface area contributed by atoms with Gasteiger partial charge < -0.3 is 11.1 Å². The van der Waals surface area contributed by atoms with Crippen molar-refractivity contribution in [2.24, 2.45) is 5.92 Å². The quantitative estimate of drug-likeness (QED) is 0.817. The van der Waals surface area contributed by atoms with Crippen molar-refractivity contribution in [3.63, 3.8) is 0 Å². The second-order valence-electron chi connectivity index (χ2n) is 6.55. The van der Waals surface area contributed by atoms with E-state index in [2.05, 4.69) is 34.7 Å². The third-order valence-electron chi connectivity index (χ3n) is 4.79. The van der Waals surface area contributed by atoms with Crippen molar-refractivity contribution in [1.82, 2.24) is 10.2 Å². The summed E-state index contributed by atoms with van der Waals surface area (Å²) in [5, 5.41) is 5.19. The Morgan fingerprint density at radius 2 is 2.04 bits per heavy atom. The highest BCUT2D eigenvalue weighted by Crippen LogP contribution is 2.29. The molecule has 3 N–H and O–H groups in total. The van der Waals surface area contributed by atoms with Crippen LogP contribution in [-0.4, -0.2) is 30.4 Å². The van der Waals surface area contributed by atoms with Gasteiger partial charge in [0.2, 0.25) is 0 Å². The van der Waals surface area contributed by atoms with E-state index < -0.39 is 0 Å². The number of carbonyl (C=O) groups is 1. The largest absolute Gasteiger partial charge is 0.398 e. The van der Waals surface area contributed by atoms with Gasteiger partial charge in [-0.1, -0.05) is 25.1 Å². The van der Waals surface area contributed by atoms with Crippen LogP contribution in [0.4, 0.5) is 5.69 Å². The molecule has 2 aromatic rings. The van der Waals surface area contributed by atoms with E-state index in [1.54, 1.807) is 23.5 Å². The first-order valence-corrected chi connectivity index (χ1v) is 9.43. The molecule has 0 aliphatic carbocycles. The summed E-state index contributed by atoms with van der Waals surface area (Å²) in [4.78, 5) is 16.3. The van der Waals surface area contributed by atoms with Gasteiger partial charge >= 0.3 is 0 Å². The number of nitrogen functional groups attached to an aromatic ring is 1. The average Bonchev–Trinajstić information content (AvgIpc) is 3.11. The zero-order valence-corrected chi connectivity index (χ0v) is 14.9. The molecule has 1 saturated heterocycles. The Balaban J connectivity index is 1.68. The molecule has 4 nitrogen and oxygen atoms in total. The normalized spacial score (nSPS) is 17.5. The van der Waals surface area contributed by atoms with Crippen molar-refractivity contribution in [1.29, 1.82) is 0 Å². The maximum absolute atomic E-state index is 12.5. The molecule has 2 heterocycles. The topological polar surface area (TPSA) is 58.4 Å². The number of nitrogens with one attached hydrogen (secondary N) is 1. The van der Waals surface area contributed by atoms with Gasteiger partial charge in [-0.05, 0) is 55.4 Å². The van der Waals surface area contributed by atoms with E-state index in [9.17, 15) is 4.79 Å². The van der Waals surface area contributed by atoms with Gasteiger partial charge in [0.05, 0.1) is 11.6 Å². The van der Waals surface area contributed by atoms with Crippen molar-refractivity contribution < 1.29 is 4.79 Å². The molecule has 1 aliphatic rings. The SMILES string of the molecule is CC1CCN(C(CNC(=O)c2ccccc2N)c2cccs2)CC1. The minimum atomic E-state index is -0.0972. The summed E-state index contributed by atoms with van der Waals surface area (Å²) in [6, 6.07) is 11.7. The van der Waals surface area contributed by atoms with Crippen LogP contribution in [-0.2, 0) is 0 Å². The highest BCUT2D eigenvalue weighted by Gasteiger charge is 2.26.